The highest BCUT2D eigenvalue weighted by atomic mass is 79.9. The Morgan fingerprint density at radius 2 is 1.63 bits per heavy atom. The molecule has 0 unspecified atom stereocenters. The number of anilines is 1. The molecule has 0 saturated heterocycles. The second-order valence-corrected chi connectivity index (χ2v) is 8.14. The summed E-state index contributed by atoms with van der Waals surface area (Å²) in [6.45, 7) is 0. The van der Waals surface area contributed by atoms with Crippen molar-refractivity contribution in [3.05, 3.63) is 64.1 Å². The van der Waals surface area contributed by atoms with Crippen molar-refractivity contribution in [3.63, 3.8) is 0 Å². The van der Waals surface area contributed by atoms with Crippen molar-refractivity contribution in [3.8, 4) is 0 Å². The zero-order valence-corrected chi connectivity index (χ0v) is 17.1. The van der Waals surface area contributed by atoms with E-state index in [0.717, 1.165) is 28.7 Å². The summed E-state index contributed by atoms with van der Waals surface area (Å²) < 4.78 is 54.8. The van der Waals surface area contributed by atoms with Crippen LogP contribution in [0.1, 0.15) is 36.3 Å². The number of carboxylic acid groups (broad SMARTS) is 1. The molecule has 30 heavy (non-hydrogen) atoms. The van der Waals surface area contributed by atoms with E-state index in [4.69, 9.17) is 0 Å². The van der Waals surface area contributed by atoms with Crippen molar-refractivity contribution >= 4 is 33.5 Å². The minimum absolute atomic E-state index is 0.0162. The number of benzene rings is 2. The number of hydrogen-bond acceptors (Lipinski definition) is 2. The fourth-order valence-electron chi connectivity index (χ4n) is 3.89. The Kier molecular flexibility index (Phi) is 6.21. The van der Waals surface area contributed by atoms with E-state index >= 15 is 4.39 Å². The molecule has 4 nitrogen and oxygen atoms in total. The first-order valence-corrected chi connectivity index (χ1v) is 9.98. The van der Waals surface area contributed by atoms with E-state index in [1.54, 1.807) is 24.3 Å². The monoisotopic (exact) mass is 487 g/mol. The Labute approximate surface area is 178 Å². The molecule has 2 aromatic rings. The zero-order chi connectivity index (χ0) is 22.1. The average Bonchev–Trinajstić information content (AvgIpc) is 2.68. The Morgan fingerprint density at radius 3 is 2.17 bits per heavy atom. The molecule has 3 rings (SSSR count). The molecule has 0 aromatic heterocycles. The van der Waals surface area contributed by atoms with Crippen LogP contribution in [0.3, 0.4) is 0 Å². The Balaban J connectivity index is 1.86. The van der Waals surface area contributed by atoms with Gasteiger partial charge in [0.2, 0.25) is 11.6 Å². The van der Waals surface area contributed by atoms with Crippen molar-refractivity contribution in [2.45, 2.75) is 37.0 Å². The number of halogens is 5. The van der Waals surface area contributed by atoms with Crippen molar-refractivity contribution in [1.29, 1.82) is 0 Å². The van der Waals surface area contributed by atoms with Crippen molar-refractivity contribution in [2.24, 2.45) is 5.92 Å². The summed E-state index contributed by atoms with van der Waals surface area (Å²) in [6.07, 6.45) is -3.82. The first kappa shape index (κ1) is 22.3. The normalized spacial score (nSPS) is 24.3. The number of nitrogens with one attached hydrogen (secondary N) is 1. The quantitative estimate of drug-likeness (QED) is 0.536. The fraction of sp³-hybridized carbons (Fsp3) is 0.333. The predicted octanol–water partition coefficient (Wildman–Crippen LogP) is 5.78. The lowest BCUT2D eigenvalue weighted by molar-refractivity contribution is -0.163. The van der Waals surface area contributed by atoms with Crippen LogP contribution in [0.25, 0.3) is 0 Å². The van der Waals surface area contributed by atoms with Crippen LogP contribution in [0, 0.1) is 5.92 Å². The summed E-state index contributed by atoms with van der Waals surface area (Å²) in [5.41, 5.74) is -3.23. The summed E-state index contributed by atoms with van der Waals surface area (Å²) in [5, 5.41) is 12.1. The standard InChI is InChI=1S/C21H18BrF4NO3/c22-14-8-4-12(5-9-14)16-2-1-3-17(20(16,23)19(29)30)18(28)27-15-10-6-13(7-11-15)21(24,25)26/h4-11,16-17H,1-3H2,(H,27,28)(H,29,30)/t16-,17+,20+/m0/s1. The molecule has 1 fully saturated rings. The van der Waals surface area contributed by atoms with Crippen molar-refractivity contribution < 1.29 is 32.3 Å². The van der Waals surface area contributed by atoms with Gasteiger partial charge in [-0.15, -0.1) is 0 Å². The Morgan fingerprint density at radius 1 is 1.03 bits per heavy atom. The highest BCUT2D eigenvalue weighted by molar-refractivity contribution is 9.10. The summed E-state index contributed by atoms with van der Waals surface area (Å²) in [5.74, 6) is -5.12. The highest BCUT2D eigenvalue weighted by Crippen LogP contribution is 2.48. The first-order valence-electron chi connectivity index (χ1n) is 9.19. The lowest BCUT2D eigenvalue weighted by Crippen LogP contribution is -2.53. The summed E-state index contributed by atoms with van der Waals surface area (Å²) in [4.78, 5) is 24.7. The van der Waals surface area contributed by atoms with Crippen LogP contribution in [-0.2, 0) is 15.8 Å². The topological polar surface area (TPSA) is 66.4 Å². The van der Waals surface area contributed by atoms with Gasteiger partial charge in [-0.3, -0.25) is 4.79 Å². The zero-order valence-electron chi connectivity index (χ0n) is 15.5. The van der Waals surface area contributed by atoms with E-state index in [-0.39, 0.29) is 18.5 Å². The maximum atomic E-state index is 16.0. The molecular weight excluding hydrogens is 470 g/mol. The van der Waals surface area contributed by atoms with Gasteiger partial charge in [0, 0.05) is 16.1 Å². The largest absolute Gasteiger partial charge is 0.479 e. The molecule has 160 valence electrons. The number of aliphatic carboxylic acids is 1. The number of carbonyl (C=O) groups is 2. The lowest BCUT2D eigenvalue weighted by Gasteiger charge is -2.40. The summed E-state index contributed by atoms with van der Waals surface area (Å²) >= 11 is 3.27. The van der Waals surface area contributed by atoms with E-state index in [9.17, 15) is 27.9 Å². The highest BCUT2D eigenvalue weighted by Gasteiger charge is 2.58. The smallest absolute Gasteiger partial charge is 0.416 e. The number of rotatable bonds is 4. The van der Waals surface area contributed by atoms with Crippen LogP contribution in [0.4, 0.5) is 23.2 Å². The van der Waals surface area contributed by atoms with Gasteiger partial charge < -0.3 is 10.4 Å². The van der Waals surface area contributed by atoms with Crippen LogP contribution >= 0.6 is 15.9 Å². The van der Waals surface area contributed by atoms with Gasteiger partial charge in [0.25, 0.3) is 0 Å². The lowest BCUT2D eigenvalue weighted by atomic mass is 9.66. The fourth-order valence-corrected chi connectivity index (χ4v) is 4.15. The molecule has 0 radical (unpaired) electrons. The number of carbonyl (C=O) groups excluding carboxylic acids is 1. The van der Waals surface area contributed by atoms with Gasteiger partial charge in [0.15, 0.2) is 0 Å². The molecule has 3 atom stereocenters. The van der Waals surface area contributed by atoms with E-state index in [1.165, 1.54) is 0 Å². The first-order chi connectivity index (χ1) is 14.0. The third-order valence-electron chi connectivity index (χ3n) is 5.40. The number of carboxylic acids is 1. The van der Waals surface area contributed by atoms with E-state index in [0.29, 0.717) is 12.0 Å². The molecule has 1 aliphatic carbocycles. The molecule has 0 aliphatic heterocycles. The maximum absolute atomic E-state index is 16.0. The van der Waals surface area contributed by atoms with Gasteiger partial charge in [-0.1, -0.05) is 34.5 Å². The summed E-state index contributed by atoms with van der Waals surface area (Å²) in [6, 6.07) is 10.3. The Bertz CT molecular complexity index is 931. The molecule has 9 heteroatoms. The van der Waals surface area contributed by atoms with Crippen LogP contribution in [0.5, 0.6) is 0 Å². The van der Waals surface area contributed by atoms with Gasteiger partial charge in [-0.05, 0) is 54.8 Å². The SMILES string of the molecule is O=C(Nc1ccc(C(F)(F)F)cc1)[C@H]1CCC[C@@H](c2ccc(Br)cc2)[C@]1(F)C(=O)O. The van der Waals surface area contributed by atoms with E-state index in [1.807, 2.05) is 0 Å². The molecule has 0 bridgehead atoms. The van der Waals surface area contributed by atoms with E-state index in [2.05, 4.69) is 21.2 Å². The van der Waals surface area contributed by atoms with Crippen LogP contribution in [0.15, 0.2) is 53.0 Å². The van der Waals surface area contributed by atoms with Gasteiger partial charge in [0.1, 0.15) is 0 Å². The van der Waals surface area contributed by atoms with Gasteiger partial charge >= 0.3 is 12.1 Å². The molecule has 2 N–H and O–H groups in total. The van der Waals surface area contributed by atoms with Gasteiger partial charge in [-0.2, -0.15) is 13.2 Å². The third-order valence-corrected chi connectivity index (χ3v) is 5.92. The van der Waals surface area contributed by atoms with E-state index < -0.39 is 41.1 Å². The number of amides is 1. The molecule has 2 aromatic carbocycles. The molecule has 0 heterocycles. The second-order valence-electron chi connectivity index (χ2n) is 7.23. The van der Waals surface area contributed by atoms with Gasteiger partial charge in [-0.25, -0.2) is 9.18 Å². The minimum atomic E-state index is -4.53. The summed E-state index contributed by atoms with van der Waals surface area (Å²) in [7, 11) is 0. The van der Waals surface area contributed by atoms with Crippen LogP contribution in [-0.4, -0.2) is 22.7 Å². The van der Waals surface area contributed by atoms with Gasteiger partial charge in [0.05, 0.1) is 11.5 Å². The average molecular weight is 488 g/mol. The molecule has 1 saturated carbocycles. The minimum Gasteiger partial charge on any atom is -0.479 e. The number of hydrogen-bond donors (Lipinski definition) is 2. The van der Waals surface area contributed by atoms with Crippen LogP contribution < -0.4 is 5.32 Å². The maximum Gasteiger partial charge on any atom is 0.416 e. The Hall–Kier alpha value is -2.42. The second kappa shape index (κ2) is 8.37. The molecule has 1 amide bonds. The predicted molar refractivity (Wildman–Crippen MR) is 106 cm³/mol. The van der Waals surface area contributed by atoms with Crippen LogP contribution in [0.2, 0.25) is 0 Å². The molecule has 0 spiro atoms. The van der Waals surface area contributed by atoms with Crippen molar-refractivity contribution in [1.82, 2.24) is 0 Å². The third kappa shape index (κ3) is 4.35. The molecular formula is C21H18BrF4NO3. The van der Waals surface area contributed by atoms with Crippen molar-refractivity contribution in [2.75, 3.05) is 5.32 Å². The molecule has 1 aliphatic rings. The number of alkyl halides is 4.